The lowest BCUT2D eigenvalue weighted by Gasteiger charge is -2.34. The van der Waals surface area contributed by atoms with Crippen LogP contribution in [0.5, 0.6) is 0 Å². The number of carbonyl (C=O) groups is 1. The number of hydrogen-bond acceptors (Lipinski definition) is 9. The number of piperidine rings is 2. The summed E-state index contributed by atoms with van der Waals surface area (Å²) in [7, 11) is -7.06. The molecule has 2 aliphatic heterocycles. The van der Waals surface area contributed by atoms with Crippen LogP contribution in [0.15, 0.2) is 83.1 Å². The lowest BCUT2D eigenvalue weighted by Crippen LogP contribution is -2.46. The highest BCUT2D eigenvalue weighted by atomic mass is 32.2. The van der Waals surface area contributed by atoms with Gasteiger partial charge in [-0.05, 0) is 96.4 Å². The Bertz CT molecular complexity index is 2030. The van der Waals surface area contributed by atoms with Gasteiger partial charge in [0.05, 0.1) is 9.79 Å². The summed E-state index contributed by atoms with van der Waals surface area (Å²) in [5.74, 6) is 0.605. The number of sulfonamides is 2. The maximum Gasteiger partial charge on any atom is 0.407 e. The number of pyridine rings is 2. The minimum atomic E-state index is -3.59. The van der Waals surface area contributed by atoms with Crippen molar-refractivity contribution in [1.29, 1.82) is 0 Å². The molecule has 52 heavy (non-hydrogen) atoms. The van der Waals surface area contributed by atoms with Crippen molar-refractivity contribution in [3.8, 4) is 0 Å². The van der Waals surface area contributed by atoms with Crippen molar-refractivity contribution in [3.63, 3.8) is 0 Å². The molecule has 0 saturated carbocycles. The first-order valence-corrected chi connectivity index (χ1v) is 20.4. The first-order chi connectivity index (χ1) is 24.1. The molecule has 4 heterocycles. The molecule has 2 fully saturated rings. The molecule has 0 radical (unpaired) electrons. The van der Waals surface area contributed by atoms with E-state index in [1.807, 2.05) is 46.8 Å². The fraction of sp³-hybridized carbons (Fsp3) is 0.500. The van der Waals surface area contributed by atoms with Crippen LogP contribution in [0.25, 0.3) is 21.5 Å². The lowest BCUT2D eigenvalue weighted by atomic mass is 9.91. The van der Waals surface area contributed by atoms with Crippen molar-refractivity contribution in [2.24, 2.45) is 17.6 Å². The molecule has 1 amide bonds. The molecule has 12 nitrogen and oxygen atoms in total. The highest BCUT2D eigenvalue weighted by molar-refractivity contribution is 7.89. The number of amides is 1. The van der Waals surface area contributed by atoms with Crippen LogP contribution in [-0.2, 0) is 24.8 Å². The van der Waals surface area contributed by atoms with E-state index in [0.29, 0.717) is 60.1 Å². The molecule has 284 valence electrons. The average molecular weight is 755 g/mol. The number of hydrogen-bond donors (Lipinski definition) is 2. The summed E-state index contributed by atoms with van der Waals surface area (Å²) in [4.78, 5) is 20.8. The summed E-state index contributed by atoms with van der Waals surface area (Å²) in [6.07, 6.45) is 9.17. The Morgan fingerprint density at radius 1 is 0.769 bits per heavy atom. The third kappa shape index (κ3) is 9.64. The Hall–Kier alpha value is -3.69. The van der Waals surface area contributed by atoms with Crippen molar-refractivity contribution in [2.75, 3.05) is 26.2 Å². The predicted molar refractivity (Wildman–Crippen MR) is 206 cm³/mol. The summed E-state index contributed by atoms with van der Waals surface area (Å²) in [6.45, 7) is 11.3. The summed E-state index contributed by atoms with van der Waals surface area (Å²) >= 11 is 0. The molecule has 0 unspecified atom stereocenters. The van der Waals surface area contributed by atoms with Crippen LogP contribution < -0.4 is 11.1 Å². The van der Waals surface area contributed by atoms with E-state index in [4.69, 9.17) is 10.5 Å². The Morgan fingerprint density at radius 2 is 1.19 bits per heavy atom. The number of fused-ring (bicyclic) bond motifs is 2. The molecule has 2 aliphatic rings. The first kappa shape index (κ1) is 41.1. The van der Waals surface area contributed by atoms with E-state index in [2.05, 4.69) is 15.3 Å². The van der Waals surface area contributed by atoms with Gasteiger partial charge in [-0.3, -0.25) is 9.97 Å². The fourth-order valence-electron chi connectivity index (χ4n) is 6.78. The monoisotopic (exact) mass is 754 g/mol. The van der Waals surface area contributed by atoms with Crippen molar-refractivity contribution in [2.45, 2.75) is 95.2 Å². The van der Waals surface area contributed by atoms with E-state index in [0.717, 1.165) is 29.0 Å². The molecule has 4 aromatic rings. The van der Waals surface area contributed by atoms with E-state index >= 15 is 0 Å². The number of nitrogens with two attached hydrogens (primary N) is 1. The molecule has 0 bridgehead atoms. The predicted octanol–water partition coefficient (Wildman–Crippen LogP) is 6.17. The molecular formula is C38H54N6O6S2. The van der Waals surface area contributed by atoms with E-state index in [1.165, 1.54) is 0 Å². The van der Waals surface area contributed by atoms with Gasteiger partial charge in [-0.2, -0.15) is 8.61 Å². The molecular weight excluding hydrogens is 701 g/mol. The van der Waals surface area contributed by atoms with Crippen molar-refractivity contribution in [1.82, 2.24) is 23.9 Å². The Labute approximate surface area is 309 Å². The zero-order valence-electron chi connectivity index (χ0n) is 30.0. The molecule has 3 N–H and O–H groups in total. The van der Waals surface area contributed by atoms with Gasteiger partial charge in [-0.15, -0.1) is 0 Å². The van der Waals surface area contributed by atoms with Crippen molar-refractivity contribution < 1.29 is 26.4 Å². The van der Waals surface area contributed by atoms with Crippen LogP contribution in [0.2, 0.25) is 0 Å². The lowest BCUT2D eigenvalue weighted by molar-refractivity contribution is 0.0481. The Kier molecular flexibility index (Phi) is 13.4. The largest absolute Gasteiger partial charge is 0.444 e. The van der Waals surface area contributed by atoms with E-state index < -0.39 is 31.7 Å². The smallest absolute Gasteiger partial charge is 0.407 e. The minimum absolute atomic E-state index is 0. The molecule has 2 saturated heterocycles. The van der Waals surface area contributed by atoms with E-state index in [-0.39, 0.29) is 25.4 Å². The van der Waals surface area contributed by atoms with Crippen LogP contribution in [-0.4, -0.2) is 85.4 Å². The molecule has 6 rings (SSSR count). The molecule has 14 heteroatoms. The number of benzene rings is 2. The first-order valence-electron chi connectivity index (χ1n) is 17.5. The van der Waals surface area contributed by atoms with Crippen LogP contribution >= 0.6 is 0 Å². The number of nitrogens with zero attached hydrogens (tertiary/aromatic N) is 4. The number of aromatic nitrogens is 2. The topological polar surface area (TPSA) is 165 Å². The van der Waals surface area contributed by atoms with Crippen LogP contribution in [0, 0.1) is 11.8 Å². The SMILES string of the molecule is C.C[C@@H](N)C1CCN(S(=O)(=O)c2cccc3cnccc23)CC1.C[C@@H](NC(=O)OC(C)(C)C)C1CCN(S(=O)(=O)c2cccc3cnccc23)CC1. The van der Waals surface area contributed by atoms with Crippen LogP contribution in [0.4, 0.5) is 4.79 Å². The zero-order valence-corrected chi connectivity index (χ0v) is 31.7. The molecule has 0 spiro atoms. The van der Waals surface area contributed by atoms with Gasteiger partial charge in [-0.25, -0.2) is 21.6 Å². The second-order valence-corrected chi connectivity index (χ2v) is 18.3. The van der Waals surface area contributed by atoms with Gasteiger partial charge in [0.1, 0.15) is 5.60 Å². The number of nitrogens with one attached hydrogen (secondary N) is 1. The Balaban J connectivity index is 0.000000236. The normalized spacial score (nSPS) is 18.1. The van der Waals surface area contributed by atoms with E-state index in [1.54, 1.807) is 69.8 Å². The minimum Gasteiger partial charge on any atom is -0.444 e. The van der Waals surface area contributed by atoms with Gasteiger partial charge in [-0.1, -0.05) is 31.7 Å². The van der Waals surface area contributed by atoms with E-state index in [9.17, 15) is 21.6 Å². The Morgan fingerprint density at radius 3 is 1.60 bits per heavy atom. The molecule has 0 aliphatic carbocycles. The summed E-state index contributed by atoms with van der Waals surface area (Å²) in [5.41, 5.74) is 5.39. The van der Waals surface area contributed by atoms with Crippen molar-refractivity contribution >= 4 is 47.7 Å². The van der Waals surface area contributed by atoms with Gasteiger partial charge >= 0.3 is 6.09 Å². The number of rotatable bonds is 7. The van der Waals surface area contributed by atoms with Gasteiger partial charge in [0.2, 0.25) is 20.0 Å². The molecule has 2 aromatic heterocycles. The van der Waals surface area contributed by atoms with Gasteiger partial charge in [0.15, 0.2) is 0 Å². The van der Waals surface area contributed by atoms with Gasteiger partial charge in [0.25, 0.3) is 0 Å². The third-order valence-electron chi connectivity index (χ3n) is 9.71. The summed E-state index contributed by atoms with van der Waals surface area (Å²) in [6, 6.07) is 14.1. The highest BCUT2D eigenvalue weighted by Crippen LogP contribution is 2.31. The quantitative estimate of drug-likeness (QED) is 0.225. The standard InChI is InChI=1S/C21H29N3O4S.C16H21N3O2S.CH4/c1-15(23-20(25)28-21(2,3)4)16-9-12-24(13-10-16)29(26,27)19-7-5-6-17-14-22-11-8-18(17)19;1-12(17)13-6-9-19(10-7-13)22(20,21)16-4-2-3-14-11-18-8-5-15(14)16;/h5-8,11,14-16H,9-10,12-13H2,1-4H3,(H,23,25);2-5,8,11-13H,6-7,9-10,17H2,1H3;1H4/t15-;12-;/m11./s1. The number of carbonyl (C=O) groups excluding carboxylic acids is 1. The second kappa shape index (κ2) is 17.0. The summed E-state index contributed by atoms with van der Waals surface area (Å²) in [5, 5.41) is 5.94. The second-order valence-electron chi connectivity index (χ2n) is 14.5. The van der Waals surface area contributed by atoms with Crippen LogP contribution in [0.3, 0.4) is 0 Å². The highest BCUT2D eigenvalue weighted by Gasteiger charge is 2.34. The van der Waals surface area contributed by atoms with Crippen LogP contribution in [0.1, 0.15) is 67.7 Å². The van der Waals surface area contributed by atoms with Gasteiger partial charge < -0.3 is 15.8 Å². The van der Waals surface area contributed by atoms with Crippen molar-refractivity contribution in [3.05, 3.63) is 73.3 Å². The zero-order chi connectivity index (χ0) is 37.0. The fourth-order valence-corrected chi connectivity index (χ4v) is 10.2. The molecule has 2 aromatic carbocycles. The third-order valence-corrected chi connectivity index (χ3v) is 13.6. The maximum absolute atomic E-state index is 13.2. The molecule has 2 atom stereocenters. The maximum atomic E-state index is 13.2. The van der Waals surface area contributed by atoms with Gasteiger partial charge in [0, 0.05) is 84.6 Å². The number of alkyl carbamates (subject to hydrolysis) is 1. The average Bonchev–Trinajstić information content (AvgIpc) is 3.10. The number of ether oxygens (including phenoxy) is 1. The summed E-state index contributed by atoms with van der Waals surface area (Å²) < 4.78 is 60.8.